The number of benzene rings is 2. The second-order valence-electron chi connectivity index (χ2n) is 5.66. The van der Waals surface area contributed by atoms with Gasteiger partial charge in [-0.05, 0) is 25.5 Å². The maximum atomic E-state index is 12.9. The number of ether oxygens (including phenoxy) is 2. The molecule has 0 amide bonds. The number of rotatable bonds is 4. The molecule has 0 N–H and O–H groups in total. The number of aryl methyl sites for hydroxylation is 2. The molecule has 3 rings (SSSR count). The molecule has 0 atom stereocenters. The fraction of sp³-hybridized carbons (Fsp3) is 0.263. The molecule has 0 saturated carbocycles. The third-order valence-corrected chi connectivity index (χ3v) is 3.98. The summed E-state index contributed by atoms with van der Waals surface area (Å²) in [7, 11) is 0. The van der Waals surface area contributed by atoms with E-state index < -0.39 is 17.4 Å². The Morgan fingerprint density at radius 3 is 2.26 bits per heavy atom. The molecule has 4 heteroatoms. The molecule has 0 spiro atoms. The average molecular weight is 310 g/mol. The van der Waals surface area contributed by atoms with Crippen LogP contribution >= 0.6 is 0 Å². The minimum atomic E-state index is -1.64. The van der Waals surface area contributed by atoms with Crippen LogP contribution < -0.4 is 0 Å². The molecular formula is C19H18O4. The summed E-state index contributed by atoms with van der Waals surface area (Å²) in [5, 5.41) is 0. The van der Waals surface area contributed by atoms with E-state index in [1.807, 2.05) is 32.0 Å². The maximum absolute atomic E-state index is 12.9. The Kier molecular flexibility index (Phi) is 4.11. The van der Waals surface area contributed by atoms with Gasteiger partial charge >= 0.3 is 0 Å². The van der Waals surface area contributed by atoms with E-state index in [1.54, 1.807) is 30.3 Å². The molecule has 1 saturated heterocycles. The predicted octanol–water partition coefficient (Wildman–Crippen LogP) is 2.96. The highest BCUT2D eigenvalue weighted by molar-refractivity contribution is 6.45. The first-order chi connectivity index (χ1) is 11.0. The lowest BCUT2D eigenvalue weighted by Crippen LogP contribution is -2.42. The van der Waals surface area contributed by atoms with Gasteiger partial charge in [-0.15, -0.1) is 0 Å². The molecule has 1 heterocycles. The van der Waals surface area contributed by atoms with Gasteiger partial charge in [0.1, 0.15) is 0 Å². The van der Waals surface area contributed by atoms with Crippen molar-refractivity contribution in [3.63, 3.8) is 0 Å². The number of carbonyl (C=O) groups is 2. The van der Waals surface area contributed by atoms with E-state index in [0.29, 0.717) is 11.1 Å². The Bertz CT molecular complexity index is 743. The third-order valence-electron chi connectivity index (χ3n) is 3.98. The molecule has 0 bridgehead atoms. The smallest absolute Gasteiger partial charge is 0.267 e. The van der Waals surface area contributed by atoms with E-state index in [0.717, 1.165) is 11.1 Å². The van der Waals surface area contributed by atoms with Crippen molar-refractivity contribution in [1.29, 1.82) is 0 Å². The van der Waals surface area contributed by atoms with Crippen LogP contribution in [-0.2, 0) is 20.1 Å². The zero-order valence-corrected chi connectivity index (χ0v) is 13.2. The van der Waals surface area contributed by atoms with Gasteiger partial charge in [-0.1, -0.05) is 48.0 Å². The average Bonchev–Trinajstić information content (AvgIpc) is 3.07. The van der Waals surface area contributed by atoms with Crippen LogP contribution in [0, 0.1) is 13.8 Å². The van der Waals surface area contributed by atoms with Gasteiger partial charge in [-0.3, -0.25) is 9.59 Å². The van der Waals surface area contributed by atoms with Crippen LogP contribution in [0.4, 0.5) is 0 Å². The number of ketones is 2. The number of hydrogen-bond donors (Lipinski definition) is 0. The van der Waals surface area contributed by atoms with Crippen LogP contribution in [0.2, 0.25) is 0 Å². The van der Waals surface area contributed by atoms with Crippen LogP contribution in [0.3, 0.4) is 0 Å². The lowest BCUT2D eigenvalue weighted by atomic mass is 9.91. The molecule has 118 valence electrons. The lowest BCUT2D eigenvalue weighted by Gasteiger charge is -2.27. The van der Waals surface area contributed by atoms with Crippen molar-refractivity contribution in [1.82, 2.24) is 0 Å². The molecule has 2 aromatic carbocycles. The van der Waals surface area contributed by atoms with Crippen molar-refractivity contribution in [2.45, 2.75) is 19.6 Å². The molecule has 0 aromatic heterocycles. The first-order valence-electron chi connectivity index (χ1n) is 7.54. The first-order valence-corrected chi connectivity index (χ1v) is 7.54. The van der Waals surface area contributed by atoms with Gasteiger partial charge < -0.3 is 9.47 Å². The summed E-state index contributed by atoms with van der Waals surface area (Å²) in [5.74, 6) is -2.92. The highest BCUT2D eigenvalue weighted by atomic mass is 16.7. The van der Waals surface area contributed by atoms with Crippen molar-refractivity contribution < 1.29 is 19.1 Å². The first kappa shape index (κ1) is 15.6. The summed E-state index contributed by atoms with van der Waals surface area (Å²) >= 11 is 0. The summed E-state index contributed by atoms with van der Waals surface area (Å²) in [6.07, 6.45) is 0. The summed E-state index contributed by atoms with van der Waals surface area (Å²) in [5.41, 5.74) is 2.77. The molecule has 0 unspecified atom stereocenters. The van der Waals surface area contributed by atoms with Gasteiger partial charge in [0, 0.05) is 11.1 Å². The Morgan fingerprint density at radius 2 is 1.61 bits per heavy atom. The number of hydrogen-bond acceptors (Lipinski definition) is 4. The Balaban J connectivity index is 2.06. The fourth-order valence-corrected chi connectivity index (χ4v) is 2.78. The summed E-state index contributed by atoms with van der Waals surface area (Å²) in [4.78, 5) is 25.5. The summed E-state index contributed by atoms with van der Waals surface area (Å²) < 4.78 is 11.3. The van der Waals surface area contributed by atoms with Crippen molar-refractivity contribution in [3.8, 4) is 0 Å². The second-order valence-corrected chi connectivity index (χ2v) is 5.66. The van der Waals surface area contributed by atoms with Gasteiger partial charge in [0.05, 0.1) is 13.2 Å². The zero-order valence-electron chi connectivity index (χ0n) is 13.2. The van der Waals surface area contributed by atoms with Crippen molar-refractivity contribution >= 4 is 11.6 Å². The third kappa shape index (κ3) is 2.71. The van der Waals surface area contributed by atoms with Crippen molar-refractivity contribution in [2.24, 2.45) is 0 Å². The Labute approximate surface area is 135 Å². The molecule has 2 aromatic rings. The van der Waals surface area contributed by atoms with Gasteiger partial charge in [-0.2, -0.15) is 0 Å². The van der Waals surface area contributed by atoms with Gasteiger partial charge in [-0.25, -0.2) is 0 Å². The summed E-state index contributed by atoms with van der Waals surface area (Å²) in [6, 6.07) is 14.2. The minimum absolute atomic E-state index is 0.279. The fourth-order valence-electron chi connectivity index (χ4n) is 2.78. The van der Waals surface area contributed by atoms with E-state index in [-0.39, 0.29) is 13.2 Å². The molecule has 0 aliphatic carbocycles. The highest BCUT2D eigenvalue weighted by Gasteiger charge is 2.50. The largest absolute Gasteiger partial charge is 0.337 e. The van der Waals surface area contributed by atoms with Crippen LogP contribution in [0.25, 0.3) is 0 Å². The predicted molar refractivity (Wildman–Crippen MR) is 85.3 cm³/mol. The summed E-state index contributed by atoms with van der Waals surface area (Å²) in [6.45, 7) is 4.36. The van der Waals surface area contributed by atoms with E-state index in [2.05, 4.69) is 0 Å². The highest BCUT2D eigenvalue weighted by Crippen LogP contribution is 2.36. The number of carbonyl (C=O) groups excluding carboxylic acids is 2. The van der Waals surface area contributed by atoms with Gasteiger partial charge in [0.25, 0.3) is 11.6 Å². The van der Waals surface area contributed by atoms with Gasteiger partial charge in [0.15, 0.2) is 0 Å². The van der Waals surface area contributed by atoms with Crippen LogP contribution in [0.1, 0.15) is 27.0 Å². The van der Waals surface area contributed by atoms with Gasteiger partial charge in [0.2, 0.25) is 5.78 Å². The van der Waals surface area contributed by atoms with E-state index in [1.165, 1.54) is 0 Å². The lowest BCUT2D eigenvalue weighted by molar-refractivity contribution is -0.179. The molecular weight excluding hydrogens is 292 g/mol. The zero-order chi connectivity index (χ0) is 16.4. The normalized spacial score (nSPS) is 16.3. The molecule has 0 radical (unpaired) electrons. The quantitative estimate of drug-likeness (QED) is 0.643. The Hall–Kier alpha value is -2.30. The standard InChI is InChI=1S/C19H18O4/c1-13-8-9-14(2)16(12-13)19(22-10-11-23-19)18(21)17(20)15-6-4-3-5-7-15/h3-9,12H,10-11H2,1-2H3. The second kappa shape index (κ2) is 6.07. The molecule has 1 fully saturated rings. The SMILES string of the molecule is Cc1ccc(C)c(C2(C(=O)C(=O)c3ccccc3)OCCO2)c1. The number of Topliss-reactive ketones (excluding diaryl/α,β-unsaturated/α-hetero) is 2. The van der Waals surface area contributed by atoms with Crippen LogP contribution in [0.5, 0.6) is 0 Å². The van der Waals surface area contributed by atoms with E-state index in [9.17, 15) is 9.59 Å². The van der Waals surface area contributed by atoms with E-state index in [4.69, 9.17) is 9.47 Å². The topological polar surface area (TPSA) is 52.6 Å². The van der Waals surface area contributed by atoms with E-state index >= 15 is 0 Å². The molecule has 4 nitrogen and oxygen atoms in total. The maximum Gasteiger partial charge on any atom is 0.267 e. The van der Waals surface area contributed by atoms with Crippen LogP contribution in [0.15, 0.2) is 48.5 Å². The van der Waals surface area contributed by atoms with Crippen molar-refractivity contribution in [3.05, 3.63) is 70.8 Å². The Morgan fingerprint density at radius 1 is 0.957 bits per heavy atom. The van der Waals surface area contributed by atoms with Crippen LogP contribution in [-0.4, -0.2) is 24.8 Å². The monoisotopic (exact) mass is 310 g/mol. The molecule has 1 aliphatic heterocycles. The molecule has 1 aliphatic rings. The minimum Gasteiger partial charge on any atom is -0.337 e. The van der Waals surface area contributed by atoms with Crippen molar-refractivity contribution in [2.75, 3.05) is 13.2 Å². The molecule has 23 heavy (non-hydrogen) atoms.